The van der Waals surface area contributed by atoms with Gasteiger partial charge in [0.2, 0.25) is 0 Å². The number of aromatic nitrogens is 2. The Morgan fingerprint density at radius 2 is 2.14 bits per heavy atom. The molecule has 5 rings (SSSR count). The van der Waals surface area contributed by atoms with E-state index in [1.165, 1.54) is 0 Å². The van der Waals surface area contributed by atoms with Crippen LogP contribution in [0.5, 0.6) is 0 Å². The summed E-state index contributed by atoms with van der Waals surface area (Å²) in [7, 11) is 0. The first-order valence-electron chi connectivity index (χ1n) is 7.59. The van der Waals surface area contributed by atoms with E-state index in [2.05, 4.69) is 9.88 Å². The fourth-order valence-electron chi connectivity index (χ4n) is 3.60. The summed E-state index contributed by atoms with van der Waals surface area (Å²) in [5.41, 5.74) is 2.07. The van der Waals surface area contributed by atoms with Crippen LogP contribution in [0.1, 0.15) is 29.0 Å². The monoisotopic (exact) mass is 285 g/mol. The highest BCUT2D eigenvalue weighted by Gasteiger charge is 2.37. The summed E-state index contributed by atoms with van der Waals surface area (Å²) in [4.78, 5) is 19.4. The minimum absolute atomic E-state index is 0.0358. The number of piperidine rings is 3. The molecule has 0 radical (unpaired) electrons. The number of pyridine rings is 1. The molecule has 0 aliphatic carbocycles. The van der Waals surface area contributed by atoms with Crippen molar-refractivity contribution in [3.63, 3.8) is 0 Å². The standard InChI is InChI=1S/C16H19N3O2/c1-11-15(19-7-3-2-4-14(19)17-11)16(20)21-13-10-18-8-5-12(13)6-9-18/h2-4,7,12-13H,5-6,8-10H2,1H3. The molecule has 1 unspecified atom stereocenters. The number of hydrogen-bond acceptors (Lipinski definition) is 4. The van der Waals surface area contributed by atoms with E-state index in [0.29, 0.717) is 11.6 Å². The molecule has 110 valence electrons. The summed E-state index contributed by atoms with van der Waals surface area (Å²) >= 11 is 0. The zero-order valence-corrected chi connectivity index (χ0v) is 12.2. The maximum Gasteiger partial charge on any atom is 0.357 e. The molecule has 3 fully saturated rings. The molecule has 0 spiro atoms. The van der Waals surface area contributed by atoms with Crippen LogP contribution in [-0.2, 0) is 4.74 Å². The normalized spacial score (nSPS) is 28.0. The average molecular weight is 285 g/mol. The van der Waals surface area contributed by atoms with Crippen LogP contribution in [0.4, 0.5) is 0 Å². The number of aryl methyl sites for hydroxylation is 1. The Hall–Kier alpha value is -1.88. The van der Waals surface area contributed by atoms with E-state index in [9.17, 15) is 4.79 Å². The highest BCUT2D eigenvalue weighted by molar-refractivity contribution is 5.90. The number of esters is 1. The molecule has 0 amide bonds. The van der Waals surface area contributed by atoms with Crippen molar-refractivity contribution in [3.05, 3.63) is 35.8 Å². The Kier molecular flexibility index (Phi) is 2.96. The molecular weight excluding hydrogens is 266 g/mol. The molecule has 1 atom stereocenters. The van der Waals surface area contributed by atoms with Gasteiger partial charge in [0.15, 0.2) is 5.69 Å². The first-order chi connectivity index (χ1) is 10.2. The van der Waals surface area contributed by atoms with Gasteiger partial charge in [-0.25, -0.2) is 9.78 Å². The van der Waals surface area contributed by atoms with E-state index < -0.39 is 0 Å². The molecule has 3 aliphatic heterocycles. The molecular formula is C16H19N3O2. The lowest BCUT2D eigenvalue weighted by Gasteiger charge is -2.43. The van der Waals surface area contributed by atoms with Gasteiger partial charge >= 0.3 is 5.97 Å². The Morgan fingerprint density at radius 1 is 1.33 bits per heavy atom. The van der Waals surface area contributed by atoms with E-state index >= 15 is 0 Å². The van der Waals surface area contributed by atoms with Crippen LogP contribution in [0, 0.1) is 12.8 Å². The number of carbonyl (C=O) groups is 1. The summed E-state index contributed by atoms with van der Waals surface area (Å²) in [5, 5.41) is 0. The van der Waals surface area contributed by atoms with E-state index in [0.717, 1.165) is 43.8 Å². The van der Waals surface area contributed by atoms with Crippen molar-refractivity contribution >= 4 is 11.6 Å². The van der Waals surface area contributed by atoms with E-state index in [1.54, 1.807) is 0 Å². The van der Waals surface area contributed by atoms with Crippen LogP contribution >= 0.6 is 0 Å². The molecule has 5 heteroatoms. The summed E-state index contributed by atoms with van der Waals surface area (Å²) < 4.78 is 7.64. The SMILES string of the molecule is Cc1nc2ccccn2c1C(=O)OC1CN2CCC1CC2. The zero-order valence-electron chi connectivity index (χ0n) is 12.2. The minimum Gasteiger partial charge on any atom is -0.456 e. The fraction of sp³-hybridized carbons (Fsp3) is 0.500. The minimum atomic E-state index is -0.245. The lowest BCUT2D eigenvalue weighted by atomic mass is 9.86. The van der Waals surface area contributed by atoms with Crippen molar-refractivity contribution in [2.45, 2.75) is 25.9 Å². The molecule has 0 N–H and O–H groups in total. The van der Waals surface area contributed by atoms with Crippen LogP contribution in [0.15, 0.2) is 24.4 Å². The maximum atomic E-state index is 12.6. The largest absolute Gasteiger partial charge is 0.456 e. The van der Waals surface area contributed by atoms with Crippen LogP contribution in [0.2, 0.25) is 0 Å². The van der Waals surface area contributed by atoms with Gasteiger partial charge in [-0.15, -0.1) is 0 Å². The van der Waals surface area contributed by atoms with E-state index in [-0.39, 0.29) is 12.1 Å². The van der Waals surface area contributed by atoms with Crippen molar-refractivity contribution in [1.82, 2.24) is 14.3 Å². The van der Waals surface area contributed by atoms with Gasteiger partial charge < -0.3 is 4.74 Å². The second kappa shape index (κ2) is 4.84. The number of fused-ring (bicyclic) bond motifs is 4. The third-order valence-corrected chi connectivity index (χ3v) is 4.75. The van der Waals surface area contributed by atoms with Crippen molar-refractivity contribution < 1.29 is 9.53 Å². The van der Waals surface area contributed by atoms with Crippen molar-refractivity contribution in [2.75, 3.05) is 19.6 Å². The topological polar surface area (TPSA) is 46.8 Å². The van der Waals surface area contributed by atoms with Crippen molar-refractivity contribution in [3.8, 4) is 0 Å². The highest BCUT2D eigenvalue weighted by Crippen LogP contribution is 2.30. The Labute approximate surface area is 123 Å². The van der Waals surface area contributed by atoms with Gasteiger partial charge in [-0.05, 0) is 50.9 Å². The average Bonchev–Trinajstić information content (AvgIpc) is 2.84. The smallest absolute Gasteiger partial charge is 0.357 e. The molecule has 5 heterocycles. The third kappa shape index (κ3) is 2.12. The molecule has 0 saturated carbocycles. The Balaban J connectivity index is 1.60. The Morgan fingerprint density at radius 3 is 2.86 bits per heavy atom. The van der Waals surface area contributed by atoms with Gasteiger partial charge in [0.1, 0.15) is 11.8 Å². The van der Waals surface area contributed by atoms with E-state index in [1.807, 2.05) is 35.7 Å². The summed E-state index contributed by atoms with van der Waals surface area (Å²) in [6.45, 7) is 5.03. The van der Waals surface area contributed by atoms with Gasteiger partial charge in [-0.3, -0.25) is 9.30 Å². The summed E-state index contributed by atoms with van der Waals surface area (Å²) in [5.74, 6) is 0.281. The lowest BCUT2D eigenvalue weighted by molar-refractivity contribution is -0.0460. The van der Waals surface area contributed by atoms with Gasteiger partial charge in [0.05, 0.1) is 5.69 Å². The predicted molar refractivity (Wildman–Crippen MR) is 78.3 cm³/mol. The molecule has 2 bridgehead atoms. The molecule has 2 aromatic rings. The van der Waals surface area contributed by atoms with Crippen LogP contribution in [-0.4, -0.2) is 46.0 Å². The van der Waals surface area contributed by atoms with Crippen molar-refractivity contribution in [1.29, 1.82) is 0 Å². The maximum absolute atomic E-state index is 12.6. The van der Waals surface area contributed by atoms with Crippen LogP contribution in [0.3, 0.4) is 0 Å². The van der Waals surface area contributed by atoms with Crippen molar-refractivity contribution in [2.24, 2.45) is 5.92 Å². The van der Waals surface area contributed by atoms with Crippen LogP contribution in [0.25, 0.3) is 5.65 Å². The molecule has 5 nitrogen and oxygen atoms in total. The number of carbonyl (C=O) groups excluding carboxylic acids is 1. The number of nitrogens with zero attached hydrogens (tertiary/aromatic N) is 3. The molecule has 3 saturated heterocycles. The van der Waals surface area contributed by atoms with Gasteiger partial charge in [-0.1, -0.05) is 6.07 Å². The number of ether oxygens (including phenoxy) is 1. The predicted octanol–water partition coefficient (Wildman–Crippen LogP) is 1.89. The summed E-state index contributed by atoms with van der Waals surface area (Å²) in [6.07, 6.45) is 4.19. The Bertz CT molecular complexity index is 686. The third-order valence-electron chi connectivity index (χ3n) is 4.75. The summed E-state index contributed by atoms with van der Waals surface area (Å²) in [6, 6.07) is 5.72. The fourth-order valence-corrected chi connectivity index (χ4v) is 3.60. The second-order valence-electron chi connectivity index (χ2n) is 6.06. The quantitative estimate of drug-likeness (QED) is 0.791. The molecule has 2 aromatic heterocycles. The number of hydrogen-bond donors (Lipinski definition) is 0. The van der Waals surface area contributed by atoms with Gasteiger partial charge in [0.25, 0.3) is 0 Å². The zero-order chi connectivity index (χ0) is 14.4. The van der Waals surface area contributed by atoms with Crippen LogP contribution < -0.4 is 0 Å². The molecule has 0 aromatic carbocycles. The van der Waals surface area contributed by atoms with Gasteiger partial charge in [0, 0.05) is 12.7 Å². The molecule has 3 aliphatic rings. The lowest BCUT2D eigenvalue weighted by Crippen LogP contribution is -2.52. The second-order valence-corrected chi connectivity index (χ2v) is 6.06. The molecule has 21 heavy (non-hydrogen) atoms. The first kappa shape index (κ1) is 12.8. The highest BCUT2D eigenvalue weighted by atomic mass is 16.5. The van der Waals surface area contributed by atoms with E-state index in [4.69, 9.17) is 4.74 Å². The number of imidazole rings is 1. The van der Waals surface area contributed by atoms with Gasteiger partial charge in [-0.2, -0.15) is 0 Å². The number of rotatable bonds is 2. The first-order valence-corrected chi connectivity index (χ1v) is 7.59.